The molecule has 0 radical (unpaired) electrons. The first-order valence-electron chi connectivity index (χ1n) is 3.75. The van der Waals surface area contributed by atoms with E-state index in [1.807, 2.05) is 0 Å². The van der Waals surface area contributed by atoms with Crippen molar-refractivity contribution >= 4 is 21.7 Å². The Labute approximate surface area is 88.6 Å². The number of ether oxygens (including phenoxy) is 1. The Hall–Kier alpha value is -1.10. The summed E-state index contributed by atoms with van der Waals surface area (Å²) in [5.41, 5.74) is -0.00854. The molecule has 0 spiro atoms. The predicted molar refractivity (Wildman–Crippen MR) is 52.7 cm³/mol. The molecular formula is C9H8BrFO3. The van der Waals surface area contributed by atoms with Crippen LogP contribution in [-0.4, -0.2) is 23.3 Å². The minimum atomic E-state index is -0.648. The van der Waals surface area contributed by atoms with Crippen molar-refractivity contribution in [2.45, 2.75) is 0 Å². The number of hydrogen-bond acceptors (Lipinski definition) is 3. The fourth-order valence-corrected chi connectivity index (χ4v) is 1.36. The maximum absolute atomic E-state index is 12.8. The van der Waals surface area contributed by atoms with E-state index in [0.717, 1.165) is 12.1 Å². The normalized spacial score (nSPS) is 9.93. The fourth-order valence-electron chi connectivity index (χ4n) is 1.08. The molecule has 76 valence electrons. The molecular weight excluding hydrogens is 255 g/mol. The molecule has 1 N–H and O–H groups in total. The lowest BCUT2D eigenvalue weighted by Crippen LogP contribution is -2.04. The molecule has 0 heterocycles. The van der Waals surface area contributed by atoms with E-state index in [1.54, 1.807) is 0 Å². The van der Waals surface area contributed by atoms with Crippen molar-refractivity contribution in [1.82, 2.24) is 0 Å². The fraction of sp³-hybridized carbons (Fsp3) is 0.222. The third-order valence-corrected chi connectivity index (χ3v) is 2.18. The molecule has 0 saturated heterocycles. The summed E-state index contributed by atoms with van der Waals surface area (Å²) in [6.45, 7) is 0. The number of carbonyl (C=O) groups is 1. The van der Waals surface area contributed by atoms with Crippen LogP contribution in [0.25, 0.3) is 0 Å². The molecule has 5 heteroatoms. The molecule has 3 nitrogen and oxygen atoms in total. The molecule has 0 amide bonds. The van der Waals surface area contributed by atoms with Crippen LogP contribution in [0.2, 0.25) is 0 Å². The van der Waals surface area contributed by atoms with Crippen molar-refractivity contribution in [3.05, 3.63) is 23.5 Å². The second-order valence-corrected chi connectivity index (χ2v) is 3.12. The summed E-state index contributed by atoms with van der Waals surface area (Å²) in [5.74, 6) is -1.39. The third kappa shape index (κ3) is 2.04. The van der Waals surface area contributed by atoms with Gasteiger partial charge >= 0.3 is 0 Å². The number of alkyl halides is 1. The van der Waals surface area contributed by atoms with E-state index in [0.29, 0.717) is 0 Å². The molecule has 0 fully saturated rings. The van der Waals surface area contributed by atoms with Gasteiger partial charge in [-0.2, -0.15) is 0 Å². The lowest BCUT2D eigenvalue weighted by Gasteiger charge is -2.08. The maximum atomic E-state index is 12.8. The number of phenolic OH excluding ortho intramolecular Hbond substituents is 1. The number of carbonyl (C=O) groups excluding carboxylic acids is 1. The number of methoxy groups -OCH3 is 1. The molecule has 0 atom stereocenters. The Morgan fingerprint density at radius 3 is 2.79 bits per heavy atom. The van der Waals surface area contributed by atoms with E-state index in [4.69, 9.17) is 4.74 Å². The SMILES string of the molecule is COc1cc(F)cc(O)c1C(=O)CBr. The van der Waals surface area contributed by atoms with E-state index in [2.05, 4.69) is 15.9 Å². The zero-order valence-electron chi connectivity index (χ0n) is 7.38. The summed E-state index contributed by atoms with van der Waals surface area (Å²) in [4.78, 5) is 11.3. The smallest absolute Gasteiger partial charge is 0.180 e. The predicted octanol–water partition coefficient (Wildman–Crippen LogP) is 2.12. The van der Waals surface area contributed by atoms with Gasteiger partial charge in [-0.05, 0) is 0 Å². The number of aromatic hydroxyl groups is 1. The van der Waals surface area contributed by atoms with Crippen LogP contribution >= 0.6 is 15.9 Å². The molecule has 1 rings (SSSR count). The van der Waals surface area contributed by atoms with Crippen LogP contribution in [0.3, 0.4) is 0 Å². The molecule has 1 aromatic carbocycles. The number of halogens is 2. The summed E-state index contributed by atoms with van der Waals surface area (Å²) in [5, 5.41) is 9.39. The van der Waals surface area contributed by atoms with Crippen LogP contribution in [0.4, 0.5) is 4.39 Å². The highest BCUT2D eigenvalue weighted by atomic mass is 79.9. The van der Waals surface area contributed by atoms with E-state index in [9.17, 15) is 14.3 Å². The van der Waals surface area contributed by atoms with Crippen molar-refractivity contribution < 1.29 is 19.0 Å². The van der Waals surface area contributed by atoms with Gasteiger partial charge in [-0.15, -0.1) is 0 Å². The number of phenols is 1. The highest BCUT2D eigenvalue weighted by molar-refractivity contribution is 9.09. The van der Waals surface area contributed by atoms with Crippen molar-refractivity contribution in [3.8, 4) is 11.5 Å². The zero-order chi connectivity index (χ0) is 10.7. The summed E-state index contributed by atoms with van der Waals surface area (Å²) < 4.78 is 17.6. The Morgan fingerprint density at radius 1 is 1.64 bits per heavy atom. The number of hydrogen-bond donors (Lipinski definition) is 1. The van der Waals surface area contributed by atoms with Crippen molar-refractivity contribution in [1.29, 1.82) is 0 Å². The van der Waals surface area contributed by atoms with E-state index >= 15 is 0 Å². The summed E-state index contributed by atoms with van der Waals surface area (Å²) in [6.07, 6.45) is 0. The van der Waals surface area contributed by atoms with Crippen LogP contribution in [0.5, 0.6) is 11.5 Å². The van der Waals surface area contributed by atoms with Gasteiger partial charge in [0, 0.05) is 12.1 Å². The summed E-state index contributed by atoms with van der Waals surface area (Å²) >= 11 is 2.96. The van der Waals surface area contributed by atoms with Gasteiger partial charge in [0.2, 0.25) is 0 Å². The Balaban J connectivity index is 3.32. The largest absolute Gasteiger partial charge is 0.507 e. The van der Waals surface area contributed by atoms with E-state index < -0.39 is 11.6 Å². The molecule has 0 unspecified atom stereocenters. The van der Waals surface area contributed by atoms with Gasteiger partial charge in [0.05, 0.1) is 12.4 Å². The summed E-state index contributed by atoms with van der Waals surface area (Å²) in [6, 6.07) is 1.92. The number of Topliss-reactive ketones (excluding diaryl/α,β-unsaturated/α-hetero) is 1. The lowest BCUT2D eigenvalue weighted by atomic mass is 10.1. The molecule has 0 aliphatic rings. The van der Waals surface area contributed by atoms with Gasteiger partial charge in [0.25, 0.3) is 0 Å². The first kappa shape index (κ1) is 11.0. The van der Waals surface area contributed by atoms with Crippen molar-refractivity contribution in [3.63, 3.8) is 0 Å². The maximum Gasteiger partial charge on any atom is 0.180 e. The van der Waals surface area contributed by atoms with Crippen LogP contribution in [-0.2, 0) is 0 Å². The quantitative estimate of drug-likeness (QED) is 0.671. The number of rotatable bonds is 3. The molecule has 0 aromatic heterocycles. The monoisotopic (exact) mass is 262 g/mol. The Bertz CT molecular complexity index is 365. The van der Waals surface area contributed by atoms with Crippen LogP contribution in [0.15, 0.2) is 12.1 Å². The molecule has 0 saturated carbocycles. The average Bonchev–Trinajstić information content (AvgIpc) is 2.15. The second kappa shape index (κ2) is 4.41. The van der Waals surface area contributed by atoms with Crippen LogP contribution in [0, 0.1) is 5.82 Å². The second-order valence-electron chi connectivity index (χ2n) is 2.56. The Morgan fingerprint density at radius 2 is 2.29 bits per heavy atom. The van der Waals surface area contributed by atoms with Gasteiger partial charge < -0.3 is 9.84 Å². The number of benzene rings is 1. The molecule has 0 aliphatic heterocycles. The first-order chi connectivity index (χ1) is 6.60. The molecule has 0 bridgehead atoms. The zero-order valence-corrected chi connectivity index (χ0v) is 8.97. The standard InChI is InChI=1S/C9H8BrFO3/c1-14-8-3-5(11)2-6(12)9(8)7(13)4-10/h2-3,12H,4H2,1H3. The van der Waals surface area contributed by atoms with E-state index in [1.165, 1.54) is 7.11 Å². The van der Waals surface area contributed by atoms with Crippen molar-refractivity contribution in [2.75, 3.05) is 12.4 Å². The van der Waals surface area contributed by atoms with Gasteiger partial charge in [-0.25, -0.2) is 4.39 Å². The van der Waals surface area contributed by atoms with Crippen LogP contribution < -0.4 is 4.74 Å². The van der Waals surface area contributed by atoms with Crippen LogP contribution in [0.1, 0.15) is 10.4 Å². The van der Waals surface area contributed by atoms with Gasteiger partial charge in [-0.3, -0.25) is 4.79 Å². The number of ketones is 1. The minimum Gasteiger partial charge on any atom is -0.507 e. The van der Waals surface area contributed by atoms with E-state index in [-0.39, 0.29) is 22.4 Å². The van der Waals surface area contributed by atoms with Crippen molar-refractivity contribution in [2.24, 2.45) is 0 Å². The molecule has 14 heavy (non-hydrogen) atoms. The lowest BCUT2D eigenvalue weighted by molar-refractivity contribution is 0.101. The summed E-state index contributed by atoms with van der Waals surface area (Å²) in [7, 11) is 1.30. The van der Waals surface area contributed by atoms with Gasteiger partial charge in [-0.1, -0.05) is 15.9 Å². The average molecular weight is 263 g/mol. The topological polar surface area (TPSA) is 46.5 Å². The third-order valence-electron chi connectivity index (χ3n) is 1.67. The molecule has 1 aromatic rings. The highest BCUT2D eigenvalue weighted by Crippen LogP contribution is 2.29. The van der Waals surface area contributed by atoms with Gasteiger partial charge in [0.1, 0.15) is 22.9 Å². The highest BCUT2D eigenvalue weighted by Gasteiger charge is 2.17. The Kier molecular flexibility index (Phi) is 3.46. The molecule has 0 aliphatic carbocycles. The van der Waals surface area contributed by atoms with Gasteiger partial charge in [0.15, 0.2) is 5.78 Å². The first-order valence-corrected chi connectivity index (χ1v) is 4.88. The minimum absolute atomic E-state index is 0.00854.